The molecule has 2 aromatic carbocycles. The van der Waals surface area contributed by atoms with Gasteiger partial charge in [-0.05, 0) is 24.3 Å². The first-order chi connectivity index (χ1) is 10.2. The van der Waals surface area contributed by atoms with Gasteiger partial charge in [0.05, 0.1) is 7.11 Å². The van der Waals surface area contributed by atoms with Gasteiger partial charge in [-0.3, -0.25) is 0 Å². The van der Waals surface area contributed by atoms with Gasteiger partial charge in [0.25, 0.3) is 0 Å². The van der Waals surface area contributed by atoms with Crippen molar-refractivity contribution in [1.29, 1.82) is 0 Å². The van der Waals surface area contributed by atoms with E-state index in [0.29, 0.717) is 28.2 Å². The smallest absolute Gasteiger partial charge is 0.451 e. The predicted octanol–water partition coefficient (Wildman–Crippen LogP) is 2.42. The Hall–Kier alpha value is -3.09. The summed E-state index contributed by atoms with van der Waals surface area (Å²) in [5, 5.41) is 8.03. The highest BCUT2D eigenvalue weighted by Crippen LogP contribution is 2.25. The molecule has 0 unspecified atom stereocenters. The van der Waals surface area contributed by atoms with Gasteiger partial charge < -0.3 is 15.2 Å². The molecule has 0 radical (unpaired) electrons. The third kappa shape index (κ3) is 2.62. The molecule has 21 heavy (non-hydrogen) atoms. The molecule has 3 rings (SSSR count). The molecule has 106 valence electrons. The highest BCUT2D eigenvalue weighted by atomic mass is 16.5. The topological polar surface area (TPSA) is 92.3 Å². The SMILES string of the molecule is COC(=O)n1nc2ccc(Oc3cccc(N)c3)cc2n1. The number of carbonyl (C=O) groups is 1. The van der Waals surface area contributed by atoms with E-state index in [2.05, 4.69) is 14.9 Å². The van der Waals surface area contributed by atoms with Crippen LogP contribution in [0, 0.1) is 0 Å². The molecule has 0 spiro atoms. The van der Waals surface area contributed by atoms with Crippen LogP contribution in [0.4, 0.5) is 10.5 Å². The van der Waals surface area contributed by atoms with E-state index < -0.39 is 6.09 Å². The third-order valence-electron chi connectivity index (χ3n) is 2.78. The number of hydrogen-bond donors (Lipinski definition) is 1. The molecule has 3 aromatic rings. The largest absolute Gasteiger partial charge is 0.457 e. The summed E-state index contributed by atoms with van der Waals surface area (Å²) in [5.74, 6) is 1.19. The lowest BCUT2D eigenvalue weighted by Gasteiger charge is -2.05. The van der Waals surface area contributed by atoms with E-state index in [1.807, 2.05) is 0 Å². The summed E-state index contributed by atoms with van der Waals surface area (Å²) in [5.41, 5.74) is 7.41. The van der Waals surface area contributed by atoms with Crippen LogP contribution >= 0.6 is 0 Å². The number of aromatic nitrogens is 3. The third-order valence-corrected chi connectivity index (χ3v) is 2.78. The molecule has 1 aromatic heterocycles. The molecule has 0 fully saturated rings. The number of nitrogens with zero attached hydrogens (tertiary/aromatic N) is 3. The van der Waals surface area contributed by atoms with Gasteiger partial charge in [0.1, 0.15) is 22.5 Å². The summed E-state index contributed by atoms with van der Waals surface area (Å²) < 4.78 is 10.2. The Bertz CT molecular complexity index is 813. The number of anilines is 1. The number of nitrogen functional groups attached to an aromatic ring is 1. The van der Waals surface area contributed by atoms with Crippen molar-refractivity contribution in [2.75, 3.05) is 12.8 Å². The second-order valence-electron chi connectivity index (χ2n) is 4.28. The van der Waals surface area contributed by atoms with Gasteiger partial charge in [-0.1, -0.05) is 10.9 Å². The number of ether oxygens (including phenoxy) is 2. The molecule has 0 amide bonds. The Balaban J connectivity index is 1.92. The molecule has 7 heteroatoms. The first kappa shape index (κ1) is 12.9. The summed E-state index contributed by atoms with van der Waals surface area (Å²) >= 11 is 0. The number of hydrogen-bond acceptors (Lipinski definition) is 6. The van der Waals surface area contributed by atoms with Gasteiger partial charge in [-0.2, -0.15) is 0 Å². The van der Waals surface area contributed by atoms with Crippen molar-refractivity contribution in [1.82, 2.24) is 15.0 Å². The molecule has 0 aliphatic rings. The Labute approximate surface area is 119 Å². The van der Waals surface area contributed by atoms with E-state index in [4.69, 9.17) is 10.5 Å². The van der Waals surface area contributed by atoms with Crippen molar-refractivity contribution in [3.05, 3.63) is 42.5 Å². The van der Waals surface area contributed by atoms with Crippen LogP contribution in [0.25, 0.3) is 11.0 Å². The van der Waals surface area contributed by atoms with Crippen LogP contribution in [0.1, 0.15) is 0 Å². The minimum atomic E-state index is -0.649. The van der Waals surface area contributed by atoms with E-state index in [-0.39, 0.29) is 0 Å². The highest BCUT2D eigenvalue weighted by molar-refractivity contribution is 5.79. The molecule has 0 aliphatic carbocycles. The Morgan fingerprint density at radius 3 is 2.62 bits per heavy atom. The van der Waals surface area contributed by atoms with E-state index in [9.17, 15) is 4.79 Å². The fourth-order valence-corrected chi connectivity index (χ4v) is 1.84. The standard InChI is InChI=1S/C14H12N4O3/c1-20-14(19)18-16-12-6-5-11(8-13(12)17-18)21-10-4-2-3-9(15)7-10/h2-8H,15H2,1H3. The minimum Gasteiger partial charge on any atom is -0.457 e. The van der Waals surface area contributed by atoms with Crippen LogP contribution in [0.5, 0.6) is 11.5 Å². The quantitative estimate of drug-likeness (QED) is 0.726. The van der Waals surface area contributed by atoms with Crippen molar-refractivity contribution in [3.63, 3.8) is 0 Å². The van der Waals surface area contributed by atoms with Gasteiger partial charge in [-0.15, -0.1) is 10.2 Å². The van der Waals surface area contributed by atoms with E-state index in [1.54, 1.807) is 42.5 Å². The van der Waals surface area contributed by atoms with E-state index in [0.717, 1.165) is 4.80 Å². The maximum atomic E-state index is 11.4. The number of benzene rings is 2. The van der Waals surface area contributed by atoms with Gasteiger partial charge >= 0.3 is 6.09 Å². The first-order valence-electron chi connectivity index (χ1n) is 6.14. The molecular weight excluding hydrogens is 272 g/mol. The second-order valence-corrected chi connectivity index (χ2v) is 4.28. The molecule has 2 N–H and O–H groups in total. The van der Waals surface area contributed by atoms with Gasteiger partial charge in [-0.25, -0.2) is 4.79 Å². The van der Waals surface area contributed by atoms with Gasteiger partial charge in [0.15, 0.2) is 0 Å². The zero-order chi connectivity index (χ0) is 14.8. The highest BCUT2D eigenvalue weighted by Gasteiger charge is 2.10. The fraction of sp³-hybridized carbons (Fsp3) is 0.0714. The maximum Gasteiger partial charge on any atom is 0.451 e. The van der Waals surface area contributed by atoms with Crippen molar-refractivity contribution in [3.8, 4) is 11.5 Å². The Kier molecular flexibility index (Phi) is 3.15. The van der Waals surface area contributed by atoms with Crippen molar-refractivity contribution in [2.24, 2.45) is 0 Å². The lowest BCUT2D eigenvalue weighted by Crippen LogP contribution is -2.14. The number of nitrogens with two attached hydrogens (primary N) is 1. The number of methoxy groups -OCH3 is 1. The van der Waals surface area contributed by atoms with Crippen molar-refractivity contribution >= 4 is 22.8 Å². The van der Waals surface area contributed by atoms with Crippen LogP contribution in [0.2, 0.25) is 0 Å². The van der Waals surface area contributed by atoms with Crippen LogP contribution < -0.4 is 10.5 Å². The molecule has 0 bridgehead atoms. The Morgan fingerprint density at radius 2 is 1.86 bits per heavy atom. The number of fused-ring (bicyclic) bond motifs is 1. The molecule has 0 atom stereocenters. The summed E-state index contributed by atoms with van der Waals surface area (Å²) in [6.07, 6.45) is -0.649. The molecule has 1 heterocycles. The summed E-state index contributed by atoms with van der Waals surface area (Å²) in [7, 11) is 1.27. The predicted molar refractivity (Wildman–Crippen MR) is 76.3 cm³/mol. The van der Waals surface area contributed by atoms with Gasteiger partial charge in [0, 0.05) is 17.8 Å². The van der Waals surface area contributed by atoms with Crippen LogP contribution in [0.15, 0.2) is 42.5 Å². The van der Waals surface area contributed by atoms with Crippen molar-refractivity contribution in [2.45, 2.75) is 0 Å². The van der Waals surface area contributed by atoms with Crippen molar-refractivity contribution < 1.29 is 14.3 Å². The molecular formula is C14H12N4O3. The second kappa shape index (κ2) is 5.12. The lowest BCUT2D eigenvalue weighted by molar-refractivity contribution is 0.165. The monoisotopic (exact) mass is 284 g/mol. The van der Waals surface area contributed by atoms with E-state index >= 15 is 0 Å². The first-order valence-corrected chi connectivity index (χ1v) is 6.14. The minimum absolute atomic E-state index is 0.529. The summed E-state index contributed by atoms with van der Waals surface area (Å²) in [6, 6.07) is 12.2. The van der Waals surface area contributed by atoms with Crippen LogP contribution in [-0.2, 0) is 4.74 Å². The van der Waals surface area contributed by atoms with Crippen LogP contribution in [0.3, 0.4) is 0 Å². The molecule has 0 saturated carbocycles. The molecule has 0 saturated heterocycles. The lowest BCUT2D eigenvalue weighted by atomic mass is 10.3. The van der Waals surface area contributed by atoms with E-state index in [1.165, 1.54) is 7.11 Å². The average molecular weight is 284 g/mol. The normalized spacial score (nSPS) is 10.5. The van der Waals surface area contributed by atoms with Gasteiger partial charge in [0.2, 0.25) is 0 Å². The summed E-state index contributed by atoms with van der Waals surface area (Å²) in [6.45, 7) is 0. The zero-order valence-corrected chi connectivity index (χ0v) is 11.2. The number of rotatable bonds is 2. The van der Waals surface area contributed by atoms with Crippen LogP contribution in [-0.4, -0.2) is 28.2 Å². The summed E-state index contributed by atoms with van der Waals surface area (Å²) in [4.78, 5) is 12.3. The molecule has 0 aliphatic heterocycles. The average Bonchev–Trinajstić information content (AvgIpc) is 2.89. The zero-order valence-electron chi connectivity index (χ0n) is 11.2. The maximum absolute atomic E-state index is 11.4. The molecule has 7 nitrogen and oxygen atoms in total. The Morgan fingerprint density at radius 1 is 1.10 bits per heavy atom. The fourth-order valence-electron chi connectivity index (χ4n) is 1.84. The number of carbonyl (C=O) groups excluding carboxylic acids is 1.